The van der Waals surface area contributed by atoms with Gasteiger partial charge in [0.2, 0.25) is 5.89 Å². The van der Waals surface area contributed by atoms with E-state index in [2.05, 4.69) is 34.4 Å². The number of hydrogen-bond donors (Lipinski definition) is 1. The highest BCUT2D eigenvalue weighted by Gasteiger charge is 2.24. The largest absolute Gasteiger partial charge is 0.338 e. The smallest absolute Gasteiger partial charge is 0.243 e. The van der Waals surface area contributed by atoms with E-state index in [1.54, 1.807) is 0 Å². The summed E-state index contributed by atoms with van der Waals surface area (Å²) in [5.74, 6) is 1.74. The highest BCUT2D eigenvalue weighted by molar-refractivity contribution is 5.31. The van der Waals surface area contributed by atoms with Crippen LogP contribution in [0.25, 0.3) is 0 Å². The Morgan fingerprint density at radius 2 is 2.16 bits per heavy atom. The van der Waals surface area contributed by atoms with Gasteiger partial charge in [-0.15, -0.1) is 0 Å². The minimum Gasteiger partial charge on any atom is -0.338 e. The van der Waals surface area contributed by atoms with Crippen molar-refractivity contribution in [2.45, 2.75) is 44.6 Å². The van der Waals surface area contributed by atoms with Gasteiger partial charge in [0.1, 0.15) is 0 Å². The lowest BCUT2D eigenvalue weighted by Crippen LogP contribution is -2.14. The van der Waals surface area contributed by atoms with Crippen LogP contribution in [0.15, 0.2) is 28.8 Å². The molecular formula is C15H19N3O. The molecule has 2 N–H and O–H groups in total. The Morgan fingerprint density at radius 3 is 2.95 bits per heavy atom. The third kappa shape index (κ3) is 2.40. The third-order valence-electron chi connectivity index (χ3n) is 3.93. The molecule has 0 spiro atoms. The summed E-state index contributed by atoms with van der Waals surface area (Å²) in [7, 11) is 0. The van der Waals surface area contributed by atoms with Crippen LogP contribution in [0.2, 0.25) is 0 Å². The second-order valence-corrected chi connectivity index (χ2v) is 5.21. The van der Waals surface area contributed by atoms with E-state index in [0.29, 0.717) is 11.8 Å². The van der Waals surface area contributed by atoms with Gasteiger partial charge in [-0.05, 0) is 36.8 Å². The minimum atomic E-state index is -0.142. The predicted molar refractivity (Wildman–Crippen MR) is 72.7 cm³/mol. The maximum Gasteiger partial charge on any atom is 0.243 e. The molecule has 2 aromatic rings. The molecule has 1 aromatic carbocycles. The van der Waals surface area contributed by atoms with Crippen molar-refractivity contribution in [1.82, 2.24) is 10.1 Å². The van der Waals surface area contributed by atoms with E-state index in [1.165, 1.54) is 11.1 Å². The summed E-state index contributed by atoms with van der Waals surface area (Å²) in [6.07, 6.45) is 3.98. The Morgan fingerprint density at radius 1 is 1.37 bits per heavy atom. The number of nitrogens with two attached hydrogens (primary N) is 1. The molecule has 1 aliphatic carbocycles. The van der Waals surface area contributed by atoms with E-state index in [9.17, 15) is 0 Å². The maximum absolute atomic E-state index is 5.92. The van der Waals surface area contributed by atoms with E-state index in [0.717, 1.165) is 31.5 Å². The lowest BCUT2D eigenvalue weighted by atomic mass is 9.83. The second kappa shape index (κ2) is 5.13. The number of hydrogen-bond acceptors (Lipinski definition) is 4. The summed E-state index contributed by atoms with van der Waals surface area (Å²) in [5, 5.41) is 4.12. The van der Waals surface area contributed by atoms with E-state index in [1.807, 2.05) is 6.92 Å². The zero-order valence-electron chi connectivity index (χ0n) is 11.2. The molecule has 0 bridgehead atoms. The quantitative estimate of drug-likeness (QED) is 0.918. The first kappa shape index (κ1) is 12.4. The summed E-state index contributed by atoms with van der Waals surface area (Å²) < 4.78 is 5.27. The van der Waals surface area contributed by atoms with Crippen LogP contribution in [0.5, 0.6) is 0 Å². The number of rotatable bonds is 3. The first-order chi connectivity index (χ1) is 9.28. The van der Waals surface area contributed by atoms with Crippen molar-refractivity contribution < 1.29 is 4.52 Å². The summed E-state index contributed by atoms with van der Waals surface area (Å²) in [6, 6.07) is 8.46. The molecule has 1 unspecified atom stereocenters. The lowest BCUT2D eigenvalue weighted by Gasteiger charge is -2.21. The highest BCUT2D eigenvalue weighted by Crippen LogP contribution is 2.31. The number of aromatic nitrogens is 2. The zero-order valence-corrected chi connectivity index (χ0v) is 11.2. The van der Waals surface area contributed by atoms with Crippen LogP contribution in [0, 0.1) is 0 Å². The fourth-order valence-corrected chi connectivity index (χ4v) is 2.66. The Kier molecular flexibility index (Phi) is 3.34. The molecule has 0 amide bonds. The molecule has 0 aliphatic heterocycles. The van der Waals surface area contributed by atoms with Crippen LogP contribution in [0.3, 0.4) is 0 Å². The molecule has 0 radical (unpaired) electrons. The van der Waals surface area contributed by atoms with E-state index in [-0.39, 0.29) is 6.04 Å². The molecule has 4 heteroatoms. The van der Waals surface area contributed by atoms with E-state index < -0.39 is 0 Å². The average molecular weight is 257 g/mol. The molecule has 1 heterocycles. The molecule has 3 rings (SSSR count). The summed E-state index contributed by atoms with van der Waals surface area (Å²) in [4.78, 5) is 4.47. The molecule has 1 aromatic heterocycles. The van der Waals surface area contributed by atoms with Crippen molar-refractivity contribution in [3.8, 4) is 0 Å². The Labute approximate surface area is 113 Å². The molecule has 4 nitrogen and oxygen atoms in total. The number of nitrogens with zero attached hydrogens (tertiary/aromatic N) is 2. The molecule has 19 heavy (non-hydrogen) atoms. The van der Waals surface area contributed by atoms with E-state index in [4.69, 9.17) is 10.3 Å². The van der Waals surface area contributed by atoms with Gasteiger partial charge in [-0.25, -0.2) is 0 Å². The Bertz CT molecular complexity index is 564. The van der Waals surface area contributed by atoms with Gasteiger partial charge in [-0.3, -0.25) is 0 Å². The van der Waals surface area contributed by atoms with Crippen LogP contribution >= 0.6 is 0 Å². The van der Waals surface area contributed by atoms with Crippen molar-refractivity contribution in [2.75, 3.05) is 0 Å². The normalized spacial score (nSPS) is 20.0. The number of fused-ring (bicyclic) bond motifs is 1. The topological polar surface area (TPSA) is 64.9 Å². The van der Waals surface area contributed by atoms with Gasteiger partial charge >= 0.3 is 0 Å². The van der Waals surface area contributed by atoms with Crippen LogP contribution in [-0.4, -0.2) is 10.1 Å². The standard InChI is InChI=1S/C15H19N3O/c1-2-13(16)15-17-14(18-19-15)12-8-7-10-5-3-4-6-11(10)9-12/h3-6,12-13H,2,7-9,16H2,1H3/t12?,13-/m0/s1. The van der Waals surface area contributed by atoms with Crippen molar-refractivity contribution in [2.24, 2.45) is 5.73 Å². The van der Waals surface area contributed by atoms with Crippen molar-refractivity contribution in [3.63, 3.8) is 0 Å². The SMILES string of the molecule is CC[C@H](N)c1nc(C2CCc3ccccc3C2)no1. The monoisotopic (exact) mass is 257 g/mol. The first-order valence-electron chi connectivity index (χ1n) is 6.93. The highest BCUT2D eigenvalue weighted by atomic mass is 16.5. The fourth-order valence-electron chi connectivity index (χ4n) is 2.66. The van der Waals surface area contributed by atoms with E-state index >= 15 is 0 Å². The van der Waals surface area contributed by atoms with Crippen LogP contribution < -0.4 is 5.73 Å². The molecule has 0 fully saturated rings. The molecule has 1 aliphatic rings. The van der Waals surface area contributed by atoms with Gasteiger partial charge in [-0.1, -0.05) is 36.3 Å². The van der Waals surface area contributed by atoms with Gasteiger partial charge in [0.25, 0.3) is 0 Å². The van der Waals surface area contributed by atoms with Crippen molar-refractivity contribution in [1.29, 1.82) is 0 Å². The zero-order chi connectivity index (χ0) is 13.2. The Balaban J connectivity index is 1.79. The third-order valence-corrected chi connectivity index (χ3v) is 3.93. The number of benzene rings is 1. The second-order valence-electron chi connectivity index (χ2n) is 5.21. The van der Waals surface area contributed by atoms with Gasteiger partial charge in [0.15, 0.2) is 5.82 Å². The van der Waals surface area contributed by atoms with Crippen LogP contribution in [0.4, 0.5) is 0 Å². The van der Waals surface area contributed by atoms with Gasteiger partial charge in [0.05, 0.1) is 6.04 Å². The van der Waals surface area contributed by atoms with Crippen LogP contribution in [-0.2, 0) is 12.8 Å². The first-order valence-corrected chi connectivity index (χ1v) is 6.93. The Hall–Kier alpha value is -1.68. The molecule has 0 saturated heterocycles. The molecule has 2 atom stereocenters. The fraction of sp³-hybridized carbons (Fsp3) is 0.467. The summed E-state index contributed by atoms with van der Waals surface area (Å²) in [5.41, 5.74) is 8.78. The average Bonchev–Trinajstić information content (AvgIpc) is 2.95. The maximum atomic E-state index is 5.92. The van der Waals surface area contributed by atoms with Crippen molar-refractivity contribution in [3.05, 3.63) is 47.1 Å². The minimum absolute atomic E-state index is 0.142. The van der Waals surface area contributed by atoms with Crippen LogP contribution in [0.1, 0.15) is 54.6 Å². The summed E-state index contributed by atoms with van der Waals surface area (Å²) in [6.45, 7) is 2.02. The predicted octanol–water partition coefficient (Wildman–Crippen LogP) is 2.75. The molecule has 100 valence electrons. The van der Waals surface area contributed by atoms with Gasteiger partial charge in [0, 0.05) is 5.92 Å². The van der Waals surface area contributed by atoms with Crippen molar-refractivity contribution >= 4 is 0 Å². The molecule has 0 saturated carbocycles. The summed E-state index contributed by atoms with van der Waals surface area (Å²) >= 11 is 0. The van der Waals surface area contributed by atoms with Gasteiger partial charge in [-0.2, -0.15) is 4.98 Å². The van der Waals surface area contributed by atoms with Gasteiger partial charge < -0.3 is 10.3 Å². The number of aryl methyl sites for hydroxylation is 1. The molecular weight excluding hydrogens is 238 g/mol. The lowest BCUT2D eigenvalue weighted by molar-refractivity contribution is 0.344.